The number of aromatic nitrogens is 2. The van der Waals surface area contributed by atoms with Crippen LogP contribution in [0.5, 0.6) is 0 Å². The van der Waals surface area contributed by atoms with Gasteiger partial charge in [0.15, 0.2) is 5.16 Å². The number of nitrogens with zero attached hydrogens (tertiary/aromatic N) is 4. The molecule has 1 aromatic heterocycles. The van der Waals surface area contributed by atoms with Crippen LogP contribution in [0.3, 0.4) is 0 Å². The van der Waals surface area contributed by atoms with Crippen molar-refractivity contribution in [2.24, 2.45) is 0 Å². The van der Waals surface area contributed by atoms with E-state index in [2.05, 4.69) is 32.4 Å². The summed E-state index contributed by atoms with van der Waals surface area (Å²) < 4.78 is 4.96. The number of carbonyl (C=O) groups is 2. The Morgan fingerprint density at radius 2 is 2.03 bits per heavy atom. The standard InChI is InChI=1S/C20H33ClN6O3S/c1-4-5-7-23-20(29)27-10-9-26(13-15(27)2)17-12-16(21)24-19(25-17)31-14-18(28)22-8-6-11-30-3/h12,15H,4-11,13-14H2,1-3H3,(H,22,28)(H,23,29). The largest absolute Gasteiger partial charge is 0.385 e. The summed E-state index contributed by atoms with van der Waals surface area (Å²) in [6, 6.07) is 1.74. The zero-order valence-corrected chi connectivity index (χ0v) is 20.1. The Labute approximate surface area is 193 Å². The summed E-state index contributed by atoms with van der Waals surface area (Å²) in [6.07, 6.45) is 2.80. The molecule has 2 N–H and O–H groups in total. The van der Waals surface area contributed by atoms with Gasteiger partial charge in [0.05, 0.1) is 5.75 Å². The first-order chi connectivity index (χ1) is 14.9. The number of thioether (sulfide) groups is 1. The number of hydrogen-bond acceptors (Lipinski definition) is 7. The van der Waals surface area contributed by atoms with E-state index in [1.165, 1.54) is 11.8 Å². The third kappa shape index (κ3) is 8.70. The minimum absolute atomic E-state index is 0.0194. The lowest BCUT2D eigenvalue weighted by Gasteiger charge is -2.40. The van der Waals surface area contributed by atoms with Gasteiger partial charge in [-0.2, -0.15) is 0 Å². The number of urea groups is 1. The fourth-order valence-corrected chi connectivity index (χ4v) is 4.09. The molecular formula is C20H33ClN6O3S. The molecule has 11 heteroatoms. The van der Waals surface area contributed by atoms with E-state index in [1.807, 2.05) is 11.8 Å². The topological polar surface area (TPSA) is 99.7 Å². The molecule has 1 saturated heterocycles. The molecule has 0 aliphatic carbocycles. The molecular weight excluding hydrogens is 440 g/mol. The van der Waals surface area contributed by atoms with Crippen LogP contribution in [-0.4, -0.2) is 85.0 Å². The molecule has 0 aromatic carbocycles. The Bertz CT molecular complexity index is 726. The van der Waals surface area contributed by atoms with Gasteiger partial charge >= 0.3 is 6.03 Å². The van der Waals surface area contributed by atoms with Crippen LogP contribution in [0.1, 0.15) is 33.1 Å². The fourth-order valence-electron chi connectivity index (χ4n) is 3.18. The molecule has 1 aliphatic rings. The highest BCUT2D eigenvalue weighted by atomic mass is 35.5. The lowest BCUT2D eigenvalue weighted by molar-refractivity contribution is -0.118. The van der Waals surface area contributed by atoms with E-state index >= 15 is 0 Å². The smallest absolute Gasteiger partial charge is 0.317 e. The van der Waals surface area contributed by atoms with E-state index in [1.54, 1.807) is 13.2 Å². The van der Waals surface area contributed by atoms with E-state index in [9.17, 15) is 9.59 Å². The van der Waals surface area contributed by atoms with Crippen molar-refractivity contribution in [3.05, 3.63) is 11.2 Å². The van der Waals surface area contributed by atoms with Crippen LogP contribution >= 0.6 is 23.4 Å². The van der Waals surface area contributed by atoms with Crippen LogP contribution in [0.2, 0.25) is 5.15 Å². The van der Waals surface area contributed by atoms with Crippen molar-refractivity contribution < 1.29 is 14.3 Å². The summed E-state index contributed by atoms with van der Waals surface area (Å²) in [4.78, 5) is 37.1. The summed E-state index contributed by atoms with van der Waals surface area (Å²) in [5, 5.41) is 6.61. The van der Waals surface area contributed by atoms with Gasteiger partial charge in [-0.3, -0.25) is 4.79 Å². The van der Waals surface area contributed by atoms with Crippen LogP contribution in [0.15, 0.2) is 11.2 Å². The van der Waals surface area contributed by atoms with Crippen molar-refractivity contribution >= 4 is 41.1 Å². The maximum Gasteiger partial charge on any atom is 0.317 e. The van der Waals surface area contributed by atoms with Gasteiger partial charge in [0.25, 0.3) is 0 Å². The monoisotopic (exact) mass is 472 g/mol. The van der Waals surface area contributed by atoms with Crippen LogP contribution in [0.25, 0.3) is 0 Å². The molecule has 1 aliphatic heterocycles. The van der Waals surface area contributed by atoms with Crippen LogP contribution in [-0.2, 0) is 9.53 Å². The first-order valence-electron chi connectivity index (χ1n) is 10.7. The van der Waals surface area contributed by atoms with E-state index in [0.717, 1.165) is 19.3 Å². The summed E-state index contributed by atoms with van der Waals surface area (Å²) in [6.45, 7) is 7.92. The highest BCUT2D eigenvalue weighted by Crippen LogP contribution is 2.24. The van der Waals surface area contributed by atoms with Gasteiger partial charge in [-0.25, -0.2) is 14.8 Å². The highest BCUT2D eigenvalue weighted by molar-refractivity contribution is 7.99. The molecule has 9 nitrogen and oxygen atoms in total. The maximum atomic E-state index is 12.4. The number of halogens is 1. The Hall–Kier alpha value is -1.78. The molecule has 0 radical (unpaired) electrons. The Balaban J connectivity index is 1.89. The van der Waals surface area contributed by atoms with Crippen LogP contribution in [0.4, 0.5) is 10.6 Å². The number of nitrogens with one attached hydrogen (secondary N) is 2. The van der Waals surface area contributed by atoms with Crippen molar-refractivity contribution in [3.63, 3.8) is 0 Å². The summed E-state index contributed by atoms with van der Waals surface area (Å²) in [5.74, 6) is 0.845. The first-order valence-corrected chi connectivity index (χ1v) is 12.0. The van der Waals surface area contributed by atoms with Gasteiger partial charge in [0, 0.05) is 58.5 Å². The second-order valence-electron chi connectivity index (χ2n) is 7.39. The second kappa shape index (κ2) is 13.6. The summed E-state index contributed by atoms with van der Waals surface area (Å²) in [5.41, 5.74) is 0. The molecule has 1 atom stereocenters. The molecule has 31 heavy (non-hydrogen) atoms. The third-order valence-electron chi connectivity index (χ3n) is 4.86. The van der Waals surface area contributed by atoms with Crippen LogP contribution in [0, 0.1) is 0 Å². The second-order valence-corrected chi connectivity index (χ2v) is 8.72. The number of methoxy groups -OCH3 is 1. The fraction of sp³-hybridized carbons (Fsp3) is 0.700. The van der Waals surface area contributed by atoms with E-state index in [-0.39, 0.29) is 23.7 Å². The predicted octanol–water partition coefficient (Wildman–Crippen LogP) is 2.40. The van der Waals surface area contributed by atoms with Crippen molar-refractivity contribution in [1.29, 1.82) is 0 Å². The molecule has 1 fully saturated rings. The Kier molecular flexibility index (Phi) is 11.2. The minimum atomic E-state index is -0.0810. The average Bonchev–Trinajstić information content (AvgIpc) is 2.75. The number of hydrogen-bond donors (Lipinski definition) is 2. The number of rotatable bonds is 11. The zero-order chi connectivity index (χ0) is 22.6. The quantitative estimate of drug-likeness (QED) is 0.221. The maximum absolute atomic E-state index is 12.4. The predicted molar refractivity (Wildman–Crippen MR) is 124 cm³/mol. The number of anilines is 1. The number of piperazine rings is 1. The van der Waals surface area contributed by atoms with Gasteiger partial charge < -0.3 is 25.2 Å². The van der Waals surface area contributed by atoms with Gasteiger partial charge in [-0.05, 0) is 19.8 Å². The Morgan fingerprint density at radius 1 is 1.26 bits per heavy atom. The molecule has 1 unspecified atom stereocenters. The molecule has 0 saturated carbocycles. The van der Waals surface area contributed by atoms with E-state index in [4.69, 9.17) is 16.3 Å². The lowest BCUT2D eigenvalue weighted by Crippen LogP contribution is -2.56. The molecule has 0 bridgehead atoms. The van der Waals surface area contributed by atoms with E-state index in [0.29, 0.717) is 55.5 Å². The van der Waals surface area contributed by atoms with Gasteiger partial charge in [0.1, 0.15) is 11.0 Å². The van der Waals surface area contributed by atoms with Crippen LogP contribution < -0.4 is 15.5 Å². The number of carbonyl (C=O) groups excluding carboxylic acids is 2. The number of amides is 3. The van der Waals surface area contributed by atoms with Crippen molar-refractivity contribution in [2.75, 3.05) is 57.1 Å². The third-order valence-corrected chi connectivity index (χ3v) is 5.90. The van der Waals surface area contributed by atoms with E-state index < -0.39 is 0 Å². The molecule has 0 spiro atoms. The van der Waals surface area contributed by atoms with Crippen molar-refractivity contribution in [3.8, 4) is 0 Å². The Morgan fingerprint density at radius 3 is 2.74 bits per heavy atom. The number of unbranched alkanes of at least 4 members (excludes halogenated alkanes) is 1. The van der Waals surface area contributed by atoms with Gasteiger partial charge in [-0.15, -0.1) is 0 Å². The minimum Gasteiger partial charge on any atom is -0.385 e. The number of ether oxygens (including phenoxy) is 1. The van der Waals surface area contributed by atoms with Crippen molar-refractivity contribution in [2.45, 2.75) is 44.3 Å². The van der Waals surface area contributed by atoms with Gasteiger partial charge in [-0.1, -0.05) is 36.7 Å². The normalized spacial score (nSPS) is 16.3. The van der Waals surface area contributed by atoms with Gasteiger partial charge in [0.2, 0.25) is 5.91 Å². The molecule has 2 rings (SSSR count). The zero-order valence-electron chi connectivity index (χ0n) is 18.5. The molecule has 3 amide bonds. The lowest BCUT2D eigenvalue weighted by atomic mass is 10.2. The van der Waals surface area contributed by atoms with Crippen molar-refractivity contribution in [1.82, 2.24) is 25.5 Å². The highest BCUT2D eigenvalue weighted by Gasteiger charge is 2.28. The molecule has 2 heterocycles. The SMILES string of the molecule is CCCCNC(=O)N1CCN(c2cc(Cl)nc(SCC(=O)NCCCOC)n2)CC1C. The first kappa shape index (κ1) is 25.5. The molecule has 174 valence electrons. The summed E-state index contributed by atoms with van der Waals surface area (Å²) in [7, 11) is 1.63. The molecule has 1 aromatic rings. The summed E-state index contributed by atoms with van der Waals surface area (Å²) >= 11 is 7.46. The average molecular weight is 473 g/mol.